The largest absolute Gasteiger partial charge is 0.394 e. The third kappa shape index (κ3) is 3.36. The molecule has 0 radical (unpaired) electrons. The second-order valence-corrected chi connectivity index (χ2v) is 4.00. The minimum Gasteiger partial charge on any atom is -0.394 e. The van der Waals surface area contributed by atoms with E-state index in [1.807, 2.05) is 0 Å². The van der Waals surface area contributed by atoms with Gasteiger partial charge in [-0.15, -0.1) is 4.91 Å². The van der Waals surface area contributed by atoms with Gasteiger partial charge in [0.1, 0.15) is 24.4 Å². The summed E-state index contributed by atoms with van der Waals surface area (Å²) in [5.41, 5.74) is 0. The van der Waals surface area contributed by atoms with Crippen molar-refractivity contribution in [3.8, 4) is 0 Å². The maximum absolute atomic E-state index is 11.5. The molecule has 1 rings (SSSR count). The van der Waals surface area contributed by atoms with Gasteiger partial charge in [0.25, 0.3) is 0 Å². The van der Waals surface area contributed by atoms with Gasteiger partial charge in [-0.05, 0) is 6.92 Å². The molecule has 0 aromatic heterocycles. The van der Waals surface area contributed by atoms with Crippen LogP contribution in [-0.4, -0.2) is 75.3 Å². The van der Waals surface area contributed by atoms with Crippen LogP contribution in [0.2, 0.25) is 0 Å². The number of nitrogens with one attached hydrogen (secondary N) is 1. The van der Waals surface area contributed by atoms with Gasteiger partial charge in [-0.25, -0.2) is 4.79 Å². The topological polar surface area (TPSA) is 152 Å². The van der Waals surface area contributed by atoms with Crippen LogP contribution in [0.15, 0.2) is 5.29 Å². The number of nitrogens with zero attached hydrogens (tertiary/aromatic N) is 2. The standard InChI is InChI=1S/C9H17N3O7/c1-2-12(11-18)9(17)10-5-7(15)6(14)4(3-13)19-8(5)16/h4-8,13-16H,2-3H2,1H3,(H,10,17)/t4-,5-,6-,7-,8?/m1/s1. The Labute approximate surface area is 108 Å². The Kier molecular flexibility index (Phi) is 5.57. The molecule has 5 atom stereocenters. The molecule has 1 unspecified atom stereocenters. The van der Waals surface area contributed by atoms with Crippen LogP contribution in [0.4, 0.5) is 4.79 Å². The zero-order valence-corrected chi connectivity index (χ0v) is 10.2. The number of carbonyl (C=O) groups is 1. The number of urea groups is 1. The molecule has 1 saturated heterocycles. The molecule has 0 bridgehead atoms. The first-order valence-electron chi connectivity index (χ1n) is 5.68. The predicted molar refractivity (Wildman–Crippen MR) is 60.5 cm³/mol. The lowest BCUT2D eigenvalue weighted by atomic mass is 9.97. The maximum Gasteiger partial charge on any atom is 0.340 e. The molecular formula is C9H17N3O7. The van der Waals surface area contributed by atoms with Gasteiger partial charge < -0.3 is 30.5 Å². The van der Waals surface area contributed by atoms with E-state index in [4.69, 9.17) is 9.84 Å². The van der Waals surface area contributed by atoms with Crippen LogP contribution < -0.4 is 5.32 Å². The maximum atomic E-state index is 11.5. The summed E-state index contributed by atoms with van der Waals surface area (Å²) in [6.07, 6.45) is -5.84. The van der Waals surface area contributed by atoms with E-state index in [0.717, 1.165) is 0 Å². The third-order valence-electron chi connectivity index (χ3n) is 2.82. The van der Waals surface area contributed by atoms with Crippen LogP contribution in [0, 0.1) is 4.91 Å². The SMILES string of the molecule is CCN(N=O)C(=O)N[C@H]1C(O)O[C@H](CO)[C@@H](O)[C@@H]1O. The molecule has 5 N–H and O–H groups in total. The summed E-state index contributed by atoms with van der Waals surface area (Å²) in [5.74, 6) is 0. The number of aliphatic hydroxyl groups is 4. The smallest absolute Gasteiger partial charge is 0.340 e. The number of hydrogen-bond acceptors (Lipinski definition) is 8. The Balaban J connectivity index is 2.72. The fraction of sp³-hybridized carbons (Fsp3) is 0.889. The average Bonchev–Trinajstić information content (AvgIpc) is 2.40. The van der Waals surface area contributed by atoms with Crippen molar-refractivity contribution in [3.63, 3.8) is 0 Å². The van der Waals surface area contributed by atoms with Crippen LogP contribution in [0.5, 0.6) is 0 Å². The molecule has 0 aromatic carbocycles. The number of amides is 2. The van der Waals surface area contributed by atoms with Crippen LogP contribution in [0.25, 0.3) is 0 Å². The van der Waals surface area contributed by atoms with Gasteiger partial charge in [-0.1, -0.05) is 0 Å². The zero-order valence-electron chi connectivity index (χ0n) is 10.2. The van der Waals surface area contributed by atoms with Crippen LogP contribution in [0.1, 0.15) is 6.92 Å². The molecule has 2 amide bonds. The van der Waals surface area contributed by atoms with E-state index in [1.54, 1.807) is 0 Å². The van der Waals surface area contributed by atoms with Crippen molar-refractivity contribution in [1.29, 1.82) is 0 Å². The Morgan fingerprint density at radius 3 is 2.47 bits per heavy atom. The van der Waals surface area contributed by atoms with Gasteiger partial charge in [-0.3, -0.25) is 0 Å². The molecule has 10 heteroatoms. The van der Waals surface area contributed by atoms with Gasteiger partial charge in [0.15, 0.2) is 6.29 Å². The quantitative estimate of drug-likeness (QED) is 0.282. The molecule has 1 fully saturated rings. The predicted octanol–water partition coefficient (Wildman–Crippen LogP) is -2.50. The van der Waals surface area contributed by atoms with E-state index in [9.17, 15) is 25.0 Å². The lowest BCUT2D eigenvalue weighted by Crippen LogP contribution is -2.65. The van der Waals surface area contributed by atoms with Gasteiger partial charge in [0.2, 0.25) is 0 Å². The second kappa shape index (κ2) is 6.73. The highest BCUT2D eigenvalue weighted by Gasteiger charge is 2.44. The fourth-order valence-corrected chi connectivity index (χ4v) is 1.71. The normalized spacial score (nSPS) is 34.7. The van der Waals surface area contributed by atoms with Crippen LogP contribution >= 0.6 is 0 Å². The molecule has 1 aliphatic rings. The minimum atomic E-state index is -1.63. The summed E-state index contributed by atoms with van der Waals surface area (Å²) in [7, 11) is 0. The number of nitroso groups, excluding NO2 is 1. The summed E-state index contributed by atoms with van der Waals surface area (Å²) >= 11 is 0. The lowest BCUT2D eigenvalue weighted by Gasteiger charge is -2.40. The van der Waals surface area contributed by atoms with E-state index >= 15 is 0 Å². The van der Waals surface area contributed by atoms with Gasteiger partial charge in [0.05, 0.1) is 11.9 Å². The van der Waals surface area contributed by atoms with E-state index in [1.165, 1.54) is 6.92 Å². The first-order valence-corrected chi connectivity index (χ1v) is 5.68. The molecule has 0 saturated carbocycles. The molecule has 19 heavy (non-hydrogen) atoms. The number of hydrogen-bond donors (Lipinski definition) is 5. The first-order chi connectivity index (χ1) is 8.96. The Hall–Kier alpha value is -1.33. The number of rotatable bonds is 4. The summed E-state index contributed by atoms with van der Waals surface area (Å²) < 4.78 is 4.83. The Morgan fingerprint density at radius 2 is 2.00 bits per heavy atom. The Bertz CT molecular complexity index is 329. The minimum absolute atomic E-state index is 0.00306. The van der Waals surface area contributed by atoms with Gasteiger partial charge in [0, 0.05) is 6.54 Å². The lowest BCUT2D eigenvalue weighted by molar-refractivity contribution is -0.252. The molecule has 110 valence electrons. The average molecular weight is 279 g/mol. The highest BCUT2D eigenvalue weighted by atomic mass is 16.6. The number of ether oxygens (including phenoxy) is 1. The summed E-state index contributed by atoms with van der Waals surface area (Å²) in [6.45, 7) is 0.895. The van der Waals surface area contributed by atoms with Gasteiger partial charge in [-0.2, -0.15) is 5.01 Å². The molecule has 0 spiro atoms. The van der Waals surface area contributed by atoms with Crippen LogP contribution in [0.3, 0.4) is 0 Å². The van der Waals surface area contributed by atoms with Crippen molar-refractivity contribution in [1.82, 2.24) is 10.3 Å². The Morgan fingerprint density at radius 1 is 1.37 bits per heavy atom. The number of carbonyl (C=O) groups excluding carboxylic acids is 1. The highest BCUT2D eigenvalue weighted by Crippen LogP contribution is 2.19. The fourth-order valence-electron chi connectivity index (χ4n) is 1.71. The zero-order chi connectivity index (χ0) is 14.6. The monoisotopic (exact) mass is 279 g/mol. The van der Waals surface area contributed by atoms with Crippen molar-refractivity contribution < 1.29 is 30.0 Å². The molecule has 0 aromatic rings. The summed E-state index contributed by atoms with van der Waals surface area (Å²) in [4.78, 5) is 21.9. The molecular weight excluding hydrogens is 262 g/mol. The van der Waals surface area contributed by atoms with Gasteiger partial charge >= 0.3 is 6.03 Å². The highest BCUT2D eigenvalue weighted by molar-refractivity contribution is 5.74. The van der Waals surface area contributed by atoms with E-state index in [0.29, 0.717) is 5.01 Å². The van der Waals surface area contributed by atoms with Crippen molar-refractivity contribution >= 4 is 6.03 Å². The third-order valence-corrected chi connectivity index (χ3v) is 2.82. The molecule has 1 heterocycles. The van der Waals surface area contributed by atoms with E-state index in [-0.39, 0.29) is 6.54 Å². The number of aliphatic hydroxyl groups excluding tert-OH is 4. The van der Waals surface area contributed by atoms with Crippen LogP contribution in [-0.2, 0) is 4.74 Å². The molecule has 0 aliphatic carbocycles. The van der Waals surface area contributed by atoms with Crippen molar-refractivity contribution in [2.45, 2.75) is 37.6 Å². The van der Waals surface area contributed by atoms with E-state index in [2.05, 4.69) is 10.6 Å². The molecule has 1 aliphatic heterocycles. The van der Waals surface area contributed by atoms with Crippen molar-refractivity contribution in [3.05, 3.63) is 4.91 Å². The first kappa shape index (κ1) is 15.7. The van der Waals surface area contributed by atoms with Crippen molar-refractivity contribution in [2.24, 2.45) is 5.29 Å². The summed E-state index contributed by atoms with van der Waals surface area (Å²) in [5, 5.41) is 42.9. The molecule has 10 nitrogen and oxygen atoms in total. The van der Waals surface area contributed by atoms with Crippen molar-refractivity contribution in [2.75, 3.05) is 13.2 Å². The summed E-state index contributed by atoms with van der Waals surface area (Å²) in [6, 6.07) is -2.29. The second-order valence-electron chi connectivity index (χ2n) is 4.00. The van der Waals surface area contributed by atoms with E-state index < -0.39 is 43.3 Å².